The van der Waals surface area contributed by atoms with E-state index < -0.39 is 0 Å². The van der Waals surface area contributed by atoms with Crippen LogP contribution in [0.25, 0.3) is 0 Å². The van der Waals surface area contributed by atoms with Crippen molar-refractivity contribution >= 4 is 0 Å². The first-order valence-corrected chi connectivity index (χ1v) is 4.83. The van der Waals surface area contributed by atoms with E-state index in [2.05, 4.69) is 0 Å². The maximum atomic E-state index is 5.52. The fourth-order valence-electron chi connectivity index (χ4n) is 1.13. The Morgan fingerprint density at radius 2 is 2.00 bits per heavy atom. The number of hydrogen-bond donors (Lipinski definition) is 1. The molecule has 3 heteroatoms. The molecular formula is C11H17NO2. The van der Waals surface area contributed by atoms with E-state index >= 15 is 0 Å². The largest absolute Gasteiger partial charge is 0.497 e. The van der Waals surface area contributed by atoms with Gasteiger partial charge in [0.2, 0.25) is 0 Å². The van der Waals surface area contributed by atoms with Crippen LogP contribution in [0.15, 0.2) is 24.3 Å². The van der Waals surface area contributed by atoms with Gasteiger partial charge in [-0.05, 0) is 31.5 Å². The summed E-state index contributed by atoms with van der Waals surface area (Å²) in [5, 5.41) is 0. The molecule has 0 aliphatic heterocycles. The lowest BCUT2D eigenvalue weighted by Crippen LogP contribution is -2.03. The van der Waals surface area contributed by atoms with Crippen LogP contribution in [0, 0.1) is 0 Å². The highest BCUT2D eigenvalue weighted by Crippen LogP contribution is 2.18. The van der Waals surface area contributed by atoms with Gasteiger partial charge in [-0.2, -0.15) is 0 Å². The SMILES string of the molecule is COc1cccc(OCCCCN)c1. The third kappa shape index (κ3) is 3.66. The summed E-state index contributed by atoms with van der Waals surface area (Å²) in [6, 6.07) is 7.61. The molecule has 0 amide bonds. The fraction of sp³-hybridized carbons (Fsp3) is 0.455. The van der Waals surface area contributed by atoms with Gasteiger partial charge in [-0.15, -0.1) is 0 Å². The average molecular weight is 195 g/mol. The second-order valence-corrected chi connectivity index (χ2v) is 3.02. The number of rotatable bonds is 6. The highest BCUT2D eigenvalue weighted by Gasteiger charge is 1.95. The summed E-state index contributed by atoms with van der Waals surface area (Å²) in [6.07, 6.45) is 2.00. The van der Waals surface area contributed by atoms with E-state index in [1.165, 1.54) is 0 Å². The van der Waals surface area contributed by atoms with Crippen molar-refractivity contribution < 1.29 is 9.47 Å². The summed E-state index contributed by atoms with van der Waals surface area (Å²) in [5.74, 6) is 1.67. The summed E-state index contributed by atoms with van der Waals surface area (Å²) < 4.78 is 10.6. The van der Waals surface area contributed by atoms with Gasteiger partial charge in [0, 0.05) is 6.07 Å². The van der Waals surface area contributed by atoms with Gasteiger partial charge in [0.05, 0.1) is 13.7 Å². The van der Waals surface area contributed by atoms with Gasteiger partial charge in [-0.25, -0.2) is 0 Å². The minimum absolute atomic E-state index is 0.713. The van der Waals surface area contributed by atoms with Gasteiger partial charge in [-0.1, -0.05) is 6.07 Å². The third-order valence-corrected chi connectivity index (χ3v) is 1.91. The number of nitrogens with two attached hydrogens (primary N) is 1. The number of unbranched alkanes of at least 4 members (excludes halogenated alkanes) is 1. The molecule has 2 N–H and O–H groups in total. The van der Waals surface area contributed by atoms with Crippen molar-refractivity contribution in [2.45, 2.75) is 12.8 Å². The zero-order chi connectivity index (χ0) is 10.2. The zero-order valence-corrected chi connectivity index (χ0v) is 8.53. The second kappa shape index (κ2) is 6.27. The van der Waals surface area contributed by atoms with Gasteiger partial charge in [-0.3, -0.25) is 0 Å². The predicted molar refractivity (Wildman–Crippen MR) is 56.8 cm³/mol. The molecule has 1 aromatic carbocycles. The van der Waals surface area contributed by atoms with E-state index in [0.29, 0.717) is 6.61 Å². The molecule has 0 radical (unpaired) electrons. The molecule has 0 aromatic heterocycles. The molecule has 0 bridgehead atoms. The Morgan fingerprint density at radius 3 is 2.71 bits per heavy atom. The summed E-state index contributed by atoms with van der Waals surface area (Å²) in [7, 11) is 1.65. The van der Waals surface area contributed by atoms with Crippen molar-refractivity contribution in [2.75, 3.05) is 20.3 Å². The Balaban J connectivity index is 2.34. The normalized spacial score (nSPS) is 9.86. The molecule has 0 spiro atoms. The second-order valence-electron chi connectivity index (χ2n) is 3.02. The minimum atomic E-state index is 0.713. The highest BCUT2D eigenvalue weighted by atomic mass is 16.5. The summed E-state index contributed by atoms with van der Waals surface area (Å²) in [6.45, 7) is 1.44. The maximum absolute atomic E-state index is 5.52. The standard InChI is InChI=1S/C11H17NO2/c1-13-10-5-4-6-11(9-10)14-8-3-2-7-12/h4-6,9H,2-3,7-8,12H2,1H3. The Labute approximate surface area is 84.8 Å². The van der Waals surface area contributed by atoms with E-state index in [4.69, 9.17) is 15.2 Å². The van der Waals surface area contributed by atoms with Crippen LogP contribution in [0.3, 0.4) is 0 Å². The van der Waals surface area contributed by atoms with Crippen LogP contribution >= 0.6 is 0 Å². The van der Waals surface area contributed by atoms with Gasteiger partial charge in [0.25, 0.3) is 0 Å². The minimum Gasteiger partial charge on any atom is -0.497 e. The van der Waals surface area contributed by atoms with Gasteiger partial charge >= 0.3 is 0 Å². The quantitative estimate of drug-likeness (QED) is 0.704. The molecule has 1 rings (SSSR count). The van der Waals surface area contributed by atoms with Gasteiger partial charge < -0.3 is 15.2 Å². The molecule has 14 heavy (non-hydrogen) atoms. The maximum Gasteiger partial charge on any atom is 0.122 e. The van der Waals surface area contributed by atoms with E-state index in [1.807, 2.05) is 24.3 Å². The van der Waals surface area contributed by atoms with Crippen molar-refractivity contribution in [2.24, 2.45) is 5.73 Å². The lowest BCUT2D eigenvalue weighted by molar-refractivity contribution is 0.305. The molecule has 0 heterocycles. The molecule has 0 saturated carbocycles. The van der Waals surface area contributed by atoms with Crippen LogP contribution in [0.4, 0.5) is 0 Å². The van der Waals surface area contributed by atoms with Crippen LogP contribution in [-0.4, -0.2) is 20.3 Å². The number of methoxy groups -OCH3 is 1. The summed E-state index contributed by atoms with van der Waals surface area (Å²) >= 11 is 0. The number of benzene rings is 1. The Morgan fingerprint density at radius 1 is 1.21 bits per heavy atom. The molecule has 0 aliphatic carbocycles. The van der Waals surface area contributed by atoms with E-state index in [-0.39, 0.29) is 0 Å². The smallest absolute Gasteiger partial charge is 0.122 e. The van der Waals surface area contributed by atoms with Crippen LogP contribution in [0.2, 0.25) is 0 Å². The van der Waals surface area contributed by atoms with Crippen molar-refractivity contribution in [3.63, 3.8) is 0 Å². The van der Waals surface area contributed by atoms with Crippen LogP contribution in [0.1, 0.15) is 12.8 Å². The predicted octanol–water partition coefficient (Wildman–Crippen LogP) is 1.81. The van der Waals surface area contributed by atoms with Crippen molar-refractivity contribution in [1.29, 1.82) is 0 Å². The Hall–Kier alpha value is -1.22. The molecule has 3 nitrogen and oxygen atoms in total. The van der Waals surface area contributed by atoms with Gasteiger partial charge in [0.1, 0.15) is 11.5 Å². The first kappa shape index (κ1) is 10.9. The van der Waals surface area contributed by atoms with E-state index in [0.717, 1.165) is 30.9 Å². The molecule has 78 valence electrons. The molecule has 0 saturated heterocycles. The molecular weight excluding hydrogens is 178 g/mol. The molecule has 0 unspecified atom stereocenters. The number of hydrogen-bond acceptors (Lipinski definition) is 3. The first-order chi connectivity index (χ1) is 6.86. The van der Waals surface area contributed by atoms with Gasteiger partial charge in [0.15, 0.2) is 0 Å². The number of ether oxygens (including phenoxy) is 2. The lowest BCUT2D eigenvalue weighted by Gasteiger charge is -2.06. The molecule has 0 fully saturated rings. The lowest BCUT2D eigenvalue weighted by atomic mass is 10.3. The molecule has 0 aliphatic rings. The van der Waals surface area contributed by atoms with E-state index in [9.17, 15) is 0 Å². The topological polar surface area (TPSA) is 44.5 Å². The van der Waals surface area contributed by atoms with E-state index in [1.54, 1.807) is 7.11 Å². The molecule has 1 aromatic rings. The highest BCUT2D eigenvalue weighted by molar-refractivity contribution is 5.32. The monoisotopic (exact) mass is 195 g/mol. The summed E-state index contributed by atoms with van der Waals surface area (Å²) in [5.41, 5.74) is 5.38. The zero-order valence-electron chi connectivity index (χ0n) is 8.53. The third-order valence-electron chi connectivity index (χ3n) is 1.91. The van der Waals surface area contributed by atoms with Crippen LogP contribution < -0.4 is 15.2 Å². The van der Waals surface area contributed by atoms with Crippen LogP contribution in [0.5, 0.6) is 11.5 Å². The average Bonchev–Trinajstić information content (AvgIpc) is 2.25. The fourth-order valence-corrected chi connectivity index (χ4v) is 1.13. The Kier molecular flexibility index (Phi) is 4.86. The first-order valence-electron chi connectivity index (χ1n) is 4.83. The van der Waals surface area contributed by atoms with Crippen molar-refractivity contribution in [3.05, 3.63) is 24.3 Å². The molecule has 0 atom stereocenters. The Bertz CT molecular complexity index is 263. The van der Waals surface area contributed by atoms with Crippen LogP contribution in [-0.2, 0) is 0 Å². The van der Waals surface area contributed by atoms with Crippen molar-refractivity contribution in [1.82, 2.24) is 0 Å². The summed E-state index contributed by atoms with van der Waals surface area (Å²) in [4.78, 5) is 0. The van der Waals surface area contributed by atoms with Crippen molar-refractivity contribution in [3.8, 4) is 11.5 Å².